The Morgan fingerprint density at radius 1 is 0.964 bits per heavy atom. The van der Waals surface area contributed by atoms with Crippen LogP contribution < -0.4 is 0 Å². The SMILES string of the molecule is [N-]=[N+]=NC/C=C/CC(Cc1ccccc1)(N=[N+]=[N-])C(=O)OCc1ccccc1. The number of carbonyl (C=O) groups is 1. The molecule has 0 spiro atoms. The van der Waals surface area contributed by atoms with E-state index in [-0.39, 0.29) is 26.0 Å². The van der Waals surface area contributed by atoms with Gasteiger partial charge >= 0.3 is 5.97 Å². The average Bonchev–Trinajstić information content (AvgIpc) is 2.73. The average molecular weight is 376 g/mol. The highest BCUT2D eigenvalue weighted by molar-refractivity contribution is 5.82. The molecule has 0 aliphatic heterocycles. The van der Waals surface area contributed by atoms with E-state index in [4.69, 9.17) is 15.8 Å². The molecule has 142 valence electrons. The van der Waals surface area contributed by atoms with Gasteiger partial charge in [0.15, 0.2) is 5.54 Å². The Labute approximate surface area is 162 Å². The third-order valence-electron chi connectivity index (χ3n) is 4.04. The van der Waals surface area contributed by atoms with Crippen LogP contribution in [0.1, 0.15) is 17.5 Å². The normalized spacial score (nSPS) is 12.4. The van der Waals surface area contributed by atoms with Crippen molar-refractivity contribution in [2.24, 2.45) is 10.2 Å². The summed E-state index contributed by atoms with van der Waals surface area (Å²) in [4.78, 5) is 18.5. The van der Waals surface area contributed by atoms with Gasteiger partial charge in [0.2, 0.25) is 0 Å². The maximum absolute atomic E-state index is 12.9. The zero-order chi connectivity index (χ0) is 20.1. The van der Waals surface area contributed by atoms with Gasteiger partial charge in [0.05, 0.1) is 0 Å². The number of hydrogen-bond donors (Lipinski definition) is 0. The molecule has 0 aliphatic carbocycles. The molecule has 0 radical (unpaired) electrons. The number of esters is 1. The number of hydrogen-bond acceptors (Lipinski definition) is 4. The molecular weight excluding hydrogens is 356 g/mol. The lowest BCUT2D eigenvalue weighted by atomic mass is 9.88. The lowest BCUT2D eigenvalue weighted by Crippen LogP contribution is -2.40. The van der Waals surface area contributed by atoms with Gasteiger partial charge < -0.3 is 4.74 Å². The summed E-state index contributed by atoms with van der Waals surface area (Å²) < 4.78 is 5.48. The topological polar surface area (TPSA) is 124 Å². The van der Waals surface area contributed by atoms with E-state index in [2.05, 4.69) is 20.1 Å². The van der Waals surface area contributed by atoms with Gasteiger partial charge in [0.1, 0.15) is 6.61 Å². The summed E-state index contributed by atoms with van der Waals surface area (Å²) in [5.74, 6) is -0.605. The molecule has 2 aromatic carbocycles. The number of nitrogens with zero attached hydrogens (tertiary/aromatic N) is 6. The van der Waals surface area contributed by atoms with Crippen LogP contribution in [0, 0.1) is 0 Å². The van der Waals surface area contributed by atoms with E-state index >= 15 is 0 Å². The van der Waals surface area contributed by atoms with Crippen molar-refractivity contribution >= 4 is 5.97 Å². The second kappa shape index (κ2) is 11.1. The Kier molecular flexibility index (Phi) is 8.15. The quantitative estimate of drug-likeness (QED) is 0.184. The van der Waals surface area contributed by atoms with Crippen LogP contribution in [0.4, 0.5) is 0 Å². The van der Waals surface area contributed by atoms with E-state index < -0.39 is 11.5 Å². The molecule has 0 saturated heterocycles. The molecule has 1 atom stereocenters. The van der Waals surface area contributed by atoms with E-state index in [0.29, 0.717) is 0 Å². The molecule has 28 heavy (non-hydrogen) atoms. The second-order valence-corrected chi connectivity index (χ2v) is 6.03. The first kappa shape index (κ1) is 20.6. The fraction of sp³-hybridized carbons (Fsp3) is 0.250. The lowest BCUT2D eigenvalue weighted by molar-refractivity contribution is -0.151. The molecular formula is C20H20N6O2. The predicted octanol–water partition coefficient (Wildman–Crippen LogP) is 5.28. The van der Waals surface area contributed by atoms with Crippen LogP contribution in [0.5, 0.6) is 0 Å². The second-order valence-electron chi connectivity index (χ2n) is 6.03. The Bertz CT molecular complexity index is 887. The van der Waals surface area contributed by atoms with Gasteiger partial charge in [0, 0.05) is 16.4 Å². The van der Waals surface area contributed by atoms with Crippen LogP contribution in [-0.2, 0) is 22.6 Å². The van der Waals surface area contributed by atoms with Gasteiger partial charge in [0.25, 0.3) is 0 Å². The molecule has 2 rings (SSSR count). The van der Waals surface area contributed by atoms with Crippen molar-refractivity contribution < 1.29 is 9.53 Å². The molecule has 1 unspecified atom stereocenters. The summed E-state index contributed by atoms with van der Waals surface area (Å²) in [5.41, 5.74) is 17.7. The highest BCUT2D eigenvalue weighted by Gasteiger charge is 2.38. The first-order valence-electron chi connectivity index (χ1n) is 8.67. The van der Waals surface area contributed by atoms with Crippen LogP contribution in [0.2, 0.25) is 0 Å². The molecule has 0 bridgehead atoms. The number of benzene rings is 2. The standard InChI is InChI=1S/C20H20N6O2/c21-25-23-14-8-7-13-20(24-26-22,15-17-9-3-1-4-10-17)19(27)28-16-18-11-5-2-6-12-18/h1-12H,13-16H2/b8-7+. The zero-order valence-corrected chi connectivity index (χ0v) is 15.3. The monoisotopic (exact) mass is 376 g/mol. The van der Waals surface area contributed by atoms with Crippen molar-refractivity contribution in [3.63, 3.8) is 0 Å². The molecule has 2 aromatic rings. The van der Waals surface area contributed by atoms with E-state index in [9.17, 15) is 4.79 Å². The summed E-state index contributed by atoms with van der Waals surface area (Å²) in [6.07, 6.45) is 3.60. The summed E-state index contributed by atoms with van der Waals surface area (Å²) in [6, 6.07) is 18.6. The minimum atomic E-state index is -1.43. The van der Waals surface area contributed by atoms with Gasteiger partial charge in [-0.05, 0) is 35.0 Å². The summed E-state index contributed by atoms with van der Waals surface area (Å²) >= 11 is 0. The molecule has 0 N–H and O–H groups in total. The van der Waals surface area contributed by atoms with Gasteiger partial charge in [-0.1, -0.05) is 83.0 Å². The molecule has 0 saturated carbocycles. The van der Waals surface area contributed by atoms with E-state index in [0.717, 1.165) is 11.1 Å². The Morgan fingerprint density at radius 2 is 1.61 bits per heavy atom. The third-order valence-corrected chi connectivity index (χ3v) is 4.04. The molecule has 0 heterocycles. The minimum Gasteiger partial charge on any atom is -0.460 e. The summed E-state index contributed by atoms with van der Waals surface area (Å²) in [6.45, 7) is 0.229. The number of azide groups is 2. The number of rotatable bonds is 10. The van der Waals surface area contributed by atoms with Crippen LogP contribution in [-0.4, -0.2) is 18.1 Å². The first-order chi connectivity index (χ1) is 13.7. The van der Waals surface area contributed by atoms with E-state index in [1.54, 1.807) is 12.2 Å². The summed E-state index contributed by atoms with van der Waals surface area (Å²) in [7, 11) is 0. The highest BCUT2D eigenvalue weighted by atomic mass is 16.5. The van der Waals surface area contributed by atoms with Gasteiger partial charge in [-0.15, -0.1) is 0 Å². The van der Waals surface area contributed by atoms with Crippen molar-refractivity contribution in [1.29, 1.82) is 0 Å². The molecule has 0 fully saturated rings. The molecule has 0 amide bonds. The fourth-order valence-electron chi connectivity index (χ4n) is 2.66. The molecule has 0 aliphatic rings. The van der Waals surface area contributed by atoms with Crippen molar-refractivity contribution in [3.8, 4) is 0 Å². The van der Waals surface area contributed by atoms with Gasteiger partial charge in [-0.25, -0.2) is 0 Å². The van der Waals surface area contributed by atoms with E-state index in [1.807, 2.05) is 60.7 Å². The maximum atomic E-state index is 12.9. The summed E-state index contributed by atoms with van der Waals surface area (Å²) in [5, 5.41) is 7.25. The minimum absolute atomic E-state index is 0.0829. The largest absolute Gasteiger partial charge is 0.460 e. The van der Waals surface area contributed by atoms with Crippen molar-refractivity contribution in [1.82, 2.24) is 0 Å². The van der Waals surface area contributed by atoms with Crippen LogP contribution in [0.25, 0.3) is 20.9 Å². The maximum Gasteiger partial charge on any atom is 0.319 e. The zero-order valence-electron chi connectivity index (χ0n) is 15.3. The highest BCUT2D eigenvalue weighted by Crippen LogP contribution is 2.26. The third kappa shape index (κ3) is 6.21. The first-order valence-corrected chi connectivity index (χ1v) is 8.67. The Hall–Kier alpha value is -3.73. The lowest BCUT2D eigenvalue weighted by Gasteiger charge is -2.25. The van der Waals surface area contributed by atoms with Crippen LogP contribution in [0.15, 0.2) is 83.0 Å². The van der Waals surface area contributed by atoms with Gasteiger partial charge in [-0.3, -0.25) is 4.79 Å². The fourth-order valence-corrected chi connectivity index (χ4v) is 2.66. The molecule has 0 aromatic heterocycles. The Balaban J connectivity index is 2.25. The van der Waals surface area contributed by atoms with E-state index in [1.165, 1.54) is 0 Å². The number of ether oxygens (including phenoxy) is 1. The molecule has 8 nitrogen and oxygen atoms in total. The van der Waals surface area contributed by atoms with Gasteiger partial charge in [-0.2, -0.15) is 0 Å². The predicted molar refractivity (Wildman–Crippen MR) is 106 cm³/mol. The smallest absolute Gasteiger partial charge is 0.319 e. The van der Waals surface area contributed by atoms with Crippen molar-refractivity contribution in [3.05, 3.63) is 105 Å². The van der Waals surface area contributed by atoms with Crippen molar-refractivity contribution in [2.75, 3.05) is 6.54 Å². The Morgan fingerprint density at radius 3 is 2.21 bits per heavy atom. The number of carbonyl (C=O) groups excluding carboxylic acids is 1. The molecule has 8 heteroatoms. The van der Waals surface area contributed by atoms with Crippen LogP contribution in [0.3, 0.4) is 0 Å². The van der Waals surface area contributed by atoms with Crippen LogP contribution >= 0.6 is 0 Å². The van der Waals surface area contributed by atoms with Crippen molar-refractivity contribution in [2.45, 2.75) is 25.0 Å².